The molecule has 0 aliphatic heterocycles. The second-order valence-electron chi connectivity index (χ2n) is 16.8. The summed E-state index contributed by atoms with van der Waals surface area (Å²) in [6.07, 6.45) is 2.97. The van der Waals surface area contributed by atoms with Crippen LogP contribution in [0.2, 0.25) is 0 Å². The summed E-state index contributed by atoms with van der Waals surface area (Å²) in [6, 6.07) is 37.3. The van der Waals surface area contributed by atoms with Crippen molar-refractivity contribution >= 4 is 21.8 Å². The summed E-state index contributed by atoms with van der Waals surface area (Å²) in [7, 11) is 0. The van der Waals surface area contributed by atoms with Gasteiger partial charge in [-0.15, -0.1) is 41.3 Å². The normalized spacial score (nSPS) is 12.4. The third kappa shape index (κ3) is 7.26. The van der Waals surface area contributed by atoms with E-state index in [1.165, 1.54) is 16.5 Å². The number of aryl methyl sites for hydroxylation is 1. The Bertz CT molecular complexity index is 2440. The number of nitrogens with zero attached hydrogens (tertiary/aromatic N) is 4. The maximum atomic E-state index is 6.72. The van der Waals surface area contributed by atoms with Gasteiger partial charge in [0.2, 0.25) is 0 Å². The van der Waals surface area contributed by atoms with Crippen LogP contribution in [0.1, 0.15) is 96.8 Å². The van der Waals surface area contributed by atoms with Gasteiger partial charge in [0.25, 0.3) is 0 Å². The molecule has 274 valence electrons. The van der Waals surface area contributed by atoms with Gasteiger partial charge in [0.05, 0.1) is 5.69 Å². The third-order valence-corrected chi connectivity index (χ3v) is 10.7. The number of aromatic nitrogens is 4. The molecule has 0 fully saturated rings. The largest absolute Gasteiger partial charge is 2.00 e. The van der Waals surface area contributed by atoms with Crippen LogP contribution in [0.5, 0.6) is 11.5 Å². The molecule has 3 heterocycles. The van der Waals surface area contributed by atoms with E-state index < -0.39 is 0 Å². The predicted molar refractivity (Wildman–Crippen MR) is 216 cm³/mol. The Morgan fingerprint density at radius 2 is 1.42 bits per heavy atom. The second kappa shape index (κ2) is 14.1. The van der Waals surface area contributed by atoms with Gasteiger partial charge in [0.15, 0.2) is 0 Å². The van der Waals surface area contributed by atoms with Crippen molar-refractivity contribution in [2.45, 2.75) is 98.8 Å². The van der Waals surface area contributed by atoms with Gasteiger partial charge in [-0.25, -0.2) is 4.98 Å². The Labute approximate surface area is 329 Å². The summed E-state index contributed by atoms with van der Waals surface area (Å²) < 4.78 is 10.9. The first kappa shape index (κ1) is 38.3. The molecule has 53 heavy (non-hydrogen) atoms. The maximum Gasteiger partial charge on any atom is 2.00 e. The molecule has 0 aliphatic rings. The summed E-state index contributed by atoms with van der Waals surface area (Å²) in [4.78, 5) is 4.91. The molecule has 6 heteroatoms. The van der Waals surface area contributed by atoms with Gasteiger partial charge in [-0.3, -0.25) is 4.68 Å². The number of hydrogen-bond donors (Lipinski definition) is 0. The maximum absolute atomic E-state index is 6.72. The summed E-state index contributed by atoms with van der Waals surface area (Å²) in [6.45, 7) is 24.4. The van der Waals surface area contributed by atoms with Crippen LogP contribution in [-0.4, -0.2) is 19.3 Å². The smallest absolute Gasteiger partial charge is 0.509 e. The molecule has 0 atom stereocenters. The van der Waals surface area contributed by atoms with Gasteiger partial charge < -0.3 is 9.30 Å². The Balaban J connectivity index is 0.00000481. The van der Waals surface area contributed by atoms with E-state index >= 15 is 0 Å². The van der Waals surface area contributed by atoms with Crippen molar-refractivity contribution in [2.75, 3.05) is 0 Å². The molecule has 0 saturated heterocycles. The first-order valence-electron chi connectivity index (χ1n) is 18.4. The van der Waals surface area contributed by atoms with E-state index in [4.69, 9.17) is 14.8 Å². The molecule has 7 rings (SSSR count). The van der Waals surface area contributed by atoms with Gasteiger partial charge in [-0.2, -0.15) is 11.2 Å². The molecule has 0 bridgehead atoms. The average Bonchev–Trinajstić information content (AvgIpc) is 3.59. The van der Waals surface area contributed by atoms with Crippen molar-refractivity contribution in [1.82, 2.24) is 19.3 Å². The van der Waals surface area contributed by atoms with E-state index in [0.717, 1.165) is 62.4 Å². The fraction of sp³-hybridized carbons (Fsp3) is 0.319. The van der Waals surface area contributed by atoms with Crippen LogP contribution in [0, 0.1) is 26.0 Å². The van der Waals surface area contributed by atoms with Crippen LogP contribution in [0.25, 0.3) is 44.4 Å². The van der Waals surface area contributed by atoms with Gasteiger partial charge in [-0.1, -0.05) is 110 Å². The molecule has 5 nitrogen and oxygen atoms in total. The Morgan fingerprint density at radius 3 is 2.09 bits per heavy atom. The van der Waals surface area contributed by atoms with Crippen LogP contribution >= 0.6 is 0 Å². The fourth-order valence-corrected chi connectivity index (χ4v) is 7.00. The van der Waals surface area contributed by atoms with Crippen molar-refractivity contribution in [2.24, 2.45) is 0 Å². The number of benzene rings is 4. The summed E-state index contributed by atoms with van der Waals surface area (Å²) in [5.41, 5.74) is 10.8. The Morgan fingerprint density at radius 1 is 0.698 bits per heavy atom. The van der Waals surface area contributed by atoms with Crippen molar-refractivity contribution in [3.8, 4) is 34.1 Å². The topological polar surface area (TPSA) is 44.9 Å². The number of pyridine rings is 1. The van der Waals surface area contributed by atoms with Crippen molar-refractivity contribution < 1.29 is 25.8 Å². The zero-order chi connectivity index (χ0) is 37.2. The zero-order valence-corrected chi connectivity index (χ0v) is 35.2. The minimum absolute atomic E-state index is 0. The molecule has 0 saturated carbocycles. The molecule has 0 amide bonds. The Kier molecular flexibility index (Phi) is 10.2. The van der Waals surface area contributed by atoms with E-state index in [9.17, 15) is 0 Å². The minimum Gasteiger partial charge on any atom is -0.509 e. The molecular weight excluding hydrogens is 832 g/mol. The summed E-state index contributed by atoms with van der Waals surface area (Å²) in [5.74, 6) is 2.10. The van der Waals surface area contributed by atoms with Crippen molar-refractivity contribution in [1.29, 1.82) is 0 Å². The molecule has 0 radical (unpaired) electrons. The SMILES string of the molecule is CCC(C)(C)c1ccc2c(c1)c1ccc(Oc3[c-]c(-n4nc(C)c(-c5ccccc5)c4C)cc(C(C)(C)C)c3)[c-]c1n2-c1cc(C(C)(C)C)ccn1.[Pt+2]. The van der Waals surface area contributed by atoms with Crippen LogP contribution in [0.3, 0.4) is 0 Å². The van der Waals surface area contributed by atoms with E-state index in [0.29, 0.717) is 11.5 Å². The number of ether oxygens (including phenoxy) is 1. The standard InChI is InChI=1S/C47H50N4O.Pt/c1-12-47(10,11)34-18-21-41-40(26-34)39-20-19-37(29-42(39)50(41)43-27-33(22-23-48-43)45(4,5)6)52-38-25-35(46(7,8)9)24-36(28-38)51-31(3)44(30(2)49-51)32-16-14-13-15-17-32;/h13-27H,12H2,1-11H3;/q-2;+2. The molecular formula is C47H50N4OPt. The van der Waals surface area contributed by atoms with Gasteiger partial charge in [0, 0.05) is 34.5 Å². The second-order valence-corrected chi connectivity index (χ2v) is 16.8. The van der Waals surface area contributed by atoms with E-state index in [2.05, 4.69) is 166 Å². The fourth-order valence-electron chi connectivity index (χ4n) is 7.00. The molecule has 0 N–H and O–H groups in total. The van der Waals surface area contributed by atoms with E-state index in [-0.39, 0.29) is 37.3 Å². The number of fused-ring (bicyclic) bond motifs is 3. The minimum atomic E-state index is -0.131. The monoisotopic (exact) mass is 881 g/mol. The summed E-state index contributed by atoms with van der Waals surface area (Å²) >= 11 is 0. The molecule has 7 aromatic rings. The van der Waals surface area contributed by atoms with Crippen LogP contribution in [0.4, 0.5) is 0 Å². The Hall–Kier alpha value is -4.47. The number of hydrogen-bond acceptors (Lipinski definition) is 3. The van der Waals surface area contributed by atoms with Gasteiger partial charge in [-0.05, 0) is 82.5 Å². The van der Waals surface area contributed by atoms with Crippen molar-refractivity contribution in [3.05, 3.63) is 131 Å². The number of rotatable bonds is 7. The first-order chi connectivity index (χ1) is 24.5. The van der Waals surface area contributed by atoms with Crippen LogP contribution < -0.4 is 4.74 Å². The molecule has 0 aliphatic carbocycles. The van der Waals surface area contributed by atoms with Crippen molar-refractivity contribution in [3.63, 3.8) is 0 Å². The predicted octanol–water partition coefficient (Wildman–Crippen LogP) is 12.3. The van der Waals surface area contributed by atoms with E-state index in [1.807, 2.05) is 23.0 Å². The van der Waals surface area contributed by atoms with Gasteiger partial charge >= 0.3 is 21.1 Å². The average molecular weight is 882 g/mol. The molecule has 4 aromatic carbocycles. The molecule has 3 aromatic heterocycles. The molecule has 0 unspecified atom stereocenters. The third-order valence-electron chi connectivity index (χ3n) is 10.7. The summed E-state index contributed by atoms with van der Waals surface area (Å²) in [5, 5.41) is 7.30. The van der Waals surface area contributed by atoms with Crippen LogP contribution in [0.15, 0.2) is 91.1 Å². The van der Waals surface area contributed by atoms with E-state index in [1.54, 1.807) is 0 Å². The zero-order valence-electron chi connectivity index (χ0n) is 32.9. The molecule has 0 spiro atoms. The first-order valence-corrected chi connectivity index (χ1v) is 18.4. The van der Waals surface area contributed by atoms with Gasteiger partial charge in [0.1, 0.15) is 5.82 Å². The van der Waals surface area contributed by atoms with Crippen LogP contribution in [-0.2, 0) is 37.3 Å². The quantitative estimate of drug-likeness (QED) is 0.150.